The summed E-state index contributed by atoms with van der Waals surface area (Å²) >= 11 is 0. The Bertz CT molecular complexity index is 918. The highest BCUT2D eigenvalue weighted by Gasteiger charge is 2.33. The molecule has 0 heterocycles. The van der Waals surface area contributed by atoms with Gasteiger partial charge in [-0.1, -0.05) is 18.2 Å². The molecule has 0 aromatic heterocycles. The second-order valence-electron chi connectivity index (χ2n) is 6.26. The zero-order valence-electron chi connectivity index (χ0n) is 15.2. The number of rotatable bonds is 7. The zero-order valence-corrected chi connectivity index (χ0v) is 15.2. The van der Waals surface area contributed by atoms with E-state index >= 15 is 0 Å². The molecule has 0 fully saturated rings. The molecule has 0 saturated heterocycles. The Labute approximate surface area is 163 Å². The van der Waals surface area contributed by atoms with Crippen LogP contribution in [0.5, 0.6) is 0 Å². The second kappa shape index (κ2) is 9.15. The number of amides is 2. The molecule has 2 aromatic carbocycles. The number of hydrogen-bond donors (Lipinski definition) is 3. The molecule has 1 unspecified atom stereocenters. The minimum atomic E-state index is -4.61. The molecular weight excluding hydrogens is 393 g/mol. The van der Waals surface area contributed by atoms with E-state index in [1.165, 1.54) is 43.4 Å². The summed E-state index contributed by atoms with van der Waals surface area (Å²) in [5.74, 6) is -1.20. The van der Waals surface area contributed by atoms with Crippen LogP contribution >= 0.6 is 0 Å². The first kappa shape index (κ1) is 21.8. The van der Waals surface area contributed by atoms with Crippen LogP contribution in [0.1, 0.15) is 5.56 Å². The minimum absolute atomic E-state index is 0.170. The number of carbonyl (C=O) groups is 2. The van der Waals surface area contributed by atoms with Crippen molar-refractivity contribution in [1.29, 1.82) is 0 Å². The number of nitrogens with zero attached hydrogens (tertiary/aromatic N) is 1. The van der Waals surface area contributed by atoms with Crippen LogP contribution in [0, 0.1) is 10.1 Å². The Kier molecular flexibility index (Phi) is 6.89. The van der Waals surface area contributed by atoms with Crippen molar-refractivity contribution in [2.45, 2.75) is 6.18 Å². The standard InChI is InChI=1S/C18H17F3N4O4/c1-24(10-16(26)22-12-5-4-6-13(9-12)25(28)29)11-17(27)23-15-8-3-2-7-14(15)18(19,20)21/h2-9H,10-11H2,1H3,(H,22,26)(H,23,27)/p+1. The first-order valence-electron chi connectivity index (χ1n) is 8.38. The third kappa shape index (κ3) is 6.57. The molecule has 0 aliphatic rings. The van der Waals surface area contributed by atoms with E-state index in [1.54, 1.807) is 0 Å². The molecule has 8 nitrogen and oxygen atoms in total. The number of nitro benzene ring substituents is 1. The average Bonchev–Trinajstić information content (AvgIpc) is 2.60. The number of nitrogens with one attached hydrogen (secondary N) is 3. The highest BCUT2D eigenvalue weighted by Crippen LogP contribution is 2.34. The number of halogens is 3. The third-order valence-corrected chi connectivity index (χ3v) is 3.77. The van der Waals surface area contributed by atoms with Gasteiger partial charge < -0.3 is 15.5 Å². The molecule has 0 spiro atoms. The topological polar surface area (TPSA) is 106 Å². The summed E-state index contributed by atoms with van der Waals surface area (Å²) in [6.07, 6.45) is -4.61. The Morgan fingerprint density at radius 1 is 1.03 bits per heavy atom. The fourth-order valence-electron chi connectivity index (χ4n) is 2.55. The van der Waals surface area contributed by atoms with Crippen LogP contribution in [0.3, 0.4) is 0 Å². The second-order valence-corrected chi connectivity index (χ2v) is 6.26. The van der Waals surface area contributed by atoms with Gasteiger partial charge >= 0.3 is 6.18 Å². The minimum Gasteiger partial charge on any atom is -0.322 e. The summed E-state index contributed by atoms with van der Waals surface area (Å²) in [5.41, 5.74) is -1.29. The van der Waals surface area contributed by atoms with Gasteiger partial charge in [0.25, 0.3) is 17.5 Å². The molecule has 0 aliphatic carbocycles. The van der Waals surface area contributed by atoms with E-state index < -0.39 is 28.5 Å². The highest BCUT2D eigenvalue weighted by atomic mass is 19.4. The summed E-state index contributed by atoms with van der Waals surface area (Å²) in [4.78, 5) is 34.7. The lowest BCUT2D eigenvalue weighted by atomic mass is 10.1. The molecule has 3 N–H and O–H groups in total. The van der Waals surface area contributed by atoms with Crippen molar-refractivity contribution in [1.82, 2.24) is 0 Å². The Hall–Kier alpha value is -3.47. The summed E-state index contributed by atoms with van der Waals surface area (Å²) in [6, 6.07) is 9.94. The molecule has 1 atom stereocenters. The number of nitro groups is 1. The lowest BCUT2D eigenvalue weighted by Crippen LogP contribution is -3.11. The van der Waals surface area contributed by atoms with Crippen molar-refractivity contribution >= 4 is 28.9 Å². The molecule has 2 aromatic rings. The monoisotopic (exact) mass is 411 g/mol. The molecule has 11 heteroatoms. The Morgan fingerprint density at radius 3 is 2.28 bits per heavy atom. The maximum absolute atomic E-state index is 13.0. The molecule has 29 heavy (non-hydrogen) atoms. The normalized spacial score (nSPS) is 12.1. The van der Waals surface area contributed by atoms with Gasteiger partial charge in [-0.15, -0.1) is 0 Å². The van der Waals surface area contributed by atoms with Crippen LogP contribution < -0.4 is 15.5 Å². The fourth-order valence-corrected chi connectivity index (χ4v) is 2.55. The number of para-hydroxylation sites is 1. The Morgan fingerprint density at radius 2 is 1.66 bits per heavy atom. The predicted octanol–water partition coefficient (Wildman–Crippen LogP) is 1.71. The maximum Gasteiger partial charge on any atom is 0.418 e. The van der Waals surface area contributed by atoms with E-state index in [0.29, 0.717) is 4.90 Å². The average molecular weight is 411 g/mol. The van der Waals surface area contributed by atoms with Gasteiger partial charge in [-0.3, -0.25) is 19.7 Å². The molecule has 0 bridgehead atoms. The largest absolute Gasteiger partial charge is 0.418 e. The van der Waals surface area contributed by atoms with E-state index in [0.717, 1.165) is 12.1 Å². The number of hydrogen-bond acceptors (Lipinski definition) is 4. The van der Waals surface area contributed by atoms with Gasteiger partial charge in [0, 0.05) is 17.8 Å². The first-order valence-corrected chi connectivity index (χ1v) is 8.38. The van der Waals surface area contributed by atoms with E-state index in [4.69, 9.17) is 0 Å². The van der Waals surface area contributed by atoms with Gasteiger partial charge in [0.15, 0.2) is 13.1 Å². The number of likely N-dealkylation sites (N-methyl/N-ethyl adjacent to an activating group) is 1. The number of carbonyl (C=O) groups excluding carboxylic acids is 2. The van der Waals surface area contributed by atoms with Gasteiger partial charge in [-0.2, -0.15) is 13.2 Å². The van der Waals surface area contributed by atoms with Crippen LogP contribution in [0.4, 0.5) is 30.2 Å². The van der Waals surface area contributed by atoms with Crippen molar-refractivity contribution in [2.75, 3.05) is 30.8 Å². The van der Waals surface area contributed by atoms with Crippen molar-refractivity contribution < 1.29 is 32.6 Å². The summed E-state index contributed by atoms with van der Waals surface area (Å²) in [6.45, 7) is -0.425. The smallest absolute Gasteiger partial charge is 0.322 e. The molecule has 0 aliphatic heterocycles. The van der Waals surface area contributed by atoms with Crippen LogP contribution in [-0.2, 0) is 15.8 Å². The lowest BCUT2D eigenvalue weighted by molar-refractivity contribution is -0.862. The summed E-state index contributed by atoms with van der Waals surface area (Å²) in [7, 11) is 1.52. The molecular formula is C18H18F3N4O4+. The van der Waals surface area contributed by atoms with Gasteiger partial charge in [-0.25, -0.2) is 0 Å². The fraction of sp³-hybridized carbons (Fsp3) is 0.222. The Balaban J connectivity index is 1.91. The van der Waals surface area contributed by atoms with Crippen LogP contribution in [0.25, 0.3) is 0 Å². The van der Waals surface area contributed by atoms with Crippen LogP contribution in [0.15, 0.2) is 48.5 Å². The quantitative estimate of drug-likeness (QED) is 0.476. The number of non-ortho nitro benzene ring substituents is 1. The van der Waals surface area contributed by atoms with E-state index in [9.17, 15) is 32.9 Å². The number of benzene rings is 2. The van der Waals surface area contributed by atoms with Crippen molar-refractivity contribution in [3.63, 3.8) is 0 Å². The van der Waals surface area contributed by atoms with E-state index in [2.05, 4.69) is 10.6 Å². The van der Waals surface area contributed by atoms with Crippen LogP contribution in [-0.4, -0.2) is 36.9 Å². The third-order valence-electron chi connectivity index (χ3n) is 3.77. The molecule has 154 valence electrons. The molecule has 0 saturated carbocycles. The zero-order chi connectivity index (χ0) is 21.6. The summed E-state index contributed by atoms with van der Waals surface area (Å²) in [5, 5.41) is 15.4. The predicted molar refractivity (Wildman–Crippen MR) is 98.4 cm³/mol. The van der Waals surface area contributed by atoms with Crippen molar-refractivity contribution in [3.05, 3.63) is 64.2 Å². The first-order chi connectivity index (χ1) is 13.6. The number of anilines is 2. The van der Waals surface area contributed by atoms with Crippen molar-refractivity contribution in [3.8, 4) is 0 Å². The van der Waals surface area contributed by atoms with E-state index in [-0.39, 0.29) is 30.2 Å². The molecule has 2 rings (SSSR count). The van der Waals surface area contributed by atoms with Gasteiger partial charge in [0.2, 0.25) is 0 Å². The highest BCUT2D eigenvalue weighted by molar-refractivity contribution is 5.93. The number of alkyl halides is 3. The lowest BCUT2D eigenvalue weighted by Gasteiger charge is -2.16. The molecule has 2 amide bonds. The SMILES string of the molecule is C[NH+](CC(=O)Nc1cccc([N+](=O)[O-])c1)CC(=O)Nc1ccccc1C(F)(F)F. The van der Waals surface area contributed by atoms with Gasteiger partial charge in [-0.05, 0) is 18.2 Å². The van der Waals surface area contributed by atoms with Crippen molar-refractivity contribution in [2.24, 2.45) is 0 Å². The van der Waals surface area contributed by atoms with Crippen LogP contribution in [0.2, 0.25) is 0 Å². The summed E-state index contributed by atoms with van der Waals surface area (Å²) < 4.78 is 38.9. The van der Waals surface area contributed by atoms with Gasteiger partial charge in [0.1, 0.15) is 0 Å². The molecule has 0 radical (unpaired) electrons. The number of quaternary nitrogens is 1. The van der Waals surface area contributed by atoms with Gasteiger partial charge in [0.05, 0.1) is 23.2 Å². The maximum atomic E-state index is 13.0. The van der Waals surface area contributed by atoms with E-state index in [1.807, 2.05) is 0 Å².